The van der Waals surface area contributed by atoms with E-state index in [0.717, 1.165) is 53.5 Å². The summed E-state index contributed by atoms with van der Waals surface area (Å²) in [5, 5.41) is 6.58. The minimum absolute atomic E-state index is 0.156. The van der Waals surface area contributed by atoms with Crippen LogP contribution in [0.25, 0.3) is 5.70 Å². The zero-order valence-corrected chi connectivity index (χ0v) is 23.0. The molecule has 0 bridgehead atoms. The summed E-state index contributed by atoms with van der Waals surface area (Å²) >= 11 is 7.48. The average Bonchev–Trinajstić information content (AvgIpc) is 2.92. The fraction of sp³-hybridized carbons (Fsp3) is 0.321. The van der Waals surface area contributed by atoms with Gasteiger partial charge in [-0.05, 0) is 79.0 Å². The second-order valence-corrected chi connectivity index (χ2v) is 10.7. The van der Waals surface area contributed by atoms with Crippen molar-refractivity contribution < 1.29 is 13.2 Å². The number of nitrogens with one attached hydrogen (secondary N) is 2. The lowest BCUT2D eigenvalue weighted by Gasteiger charge is -2.34. The predicted octanol–water partition coefficient (Wildman–Crippen LogP) is 6.10. The van der Waals surface area contributed by atoms with E-state index >= 15 is 0 Å². The van der Waals surface area contributed by atoms with Crippen LogP contribution in [0.15, 0.2) is 72.1 Å². The van der Waals surface area contributed by atoms with Crippen molar-refractivity contribution in [3.05, 3.63) is 89.1 Å². The summed E-state index contributed by atoms with van der Waals surface area (Å²) in [6, 6.07) is 18.3. The van der Waals surface area contributed by atoms with E-state index < -0.39 is 11.7 Å². The van der Waals surface area contributed by atoms with Gasteiger partial charge in [0.1, 0.15) is 11.0 Å². The summed E-state index contributed by atoms with van der Waals surface area (Å²) in [7, 11) is 0. The average molecular weight is 577 g/mol. The van der Waals surface area contributed by atoms with Gasteiger partial charge in [0.25, 0.3) is 0 Å². The molecule has 11 heteroatoms. The normalized spacial score (nSPS) is 14.4. The van der Waals surface area contributed by atoms with Crippen LogP contribution >= 0.6 is 23.5 Å². The molecule has 1 aliphatic heterocycles. The van der Waals surface area contributed by atoms with Crippen LogP contribution in [0, 0.1) is 0 Å². The number of aromatic nitrogens is 1. The third-order valence-corrected chi connectivity index (χ3v) is 7.54. The zero-order chi connectivity index (χ0) is 27.8. The lowest BCUT2D eigenvalue weighted by atomic mass is 10.1. The van der Waals surface area contributed by atoms with Gasteiger partial charge in [-0.25, -0.2) is 9.29 Å². The molecule has 0 atom stereocenters. The van der Waals surface area contributed by atoms with E-state index in [1.54, 1.807) is 11.9 Å². The molecule has 0 radical (unpaired) electrons. The second-order valence-electron chi connectivity index (χ2n) is 9.19. The molecular weight excluding hydrogens is 545 g/mol. The lowest BCUT2D eigenvalue weighted by Crippen LogP contribution is -2.43. The molecule has 0 unspecified atom stereocenters. The fourth-order valence-electron chi connectivity index (χ4n) is 4.10. The molecule has 0 amide bonds. The number of hydrogen-bond donors (Lipinski definition) is 3. The highest BCUT2D eigenvalue weighted by Gasteiger charge is 2.32. The van der Waals surface area contributed by atoms with Crippen molar-refractivity contribution in [1.82, 2.24) is 14.6 Å². The number of pyridine rings is 1. The molecule has 39 heavy (non-hydrogen) atoms. The van der Waals surface area contributed by atoms with Crippen molar-refractivity contribution in [3.63, 3.8) is 0 Å². The summed E-state index contributed by atoms with van der Waals surface area (Å²) in [5.41, 5.74) is 8.73. The SMILES string of the molecule is C=C(Nc1ccc(SN2CCN(c3cc(C(F)(F)F)cc(Cl)n3)CC2)cc1)c1ccc(CNCCCN)cc1. The second kappa shape index (κ2) is 13.5. The molecule has 1 saturated heterocycles. The summed E-state index contributed by atoms with van der Waals surface area (Å²) in [6.45, 7) is 9.04. The van der Waals surface area contributed by atoms with E-state index in [1.807, 2.05) is 29.2 Å². The van der Waals surface area contributed by atoms with Gasteiger partial charge in [0.05, 0.1) is 5.56 Å². The molecule has 0 aliphatic carbocycles. The maximum absolute atomic E-state index is 13.1. The quantitative estimate of drug-likeness (QED) is 0.145. The van der Waals surface area contributed by atoms with Gasteiger partial charge in [0.2, 0.25) is 0 Å². The number of rotatable bonds is 11. The van der Waals surface area contributed by atoms with Crippen LogP contribution in [0.4, 0.5) is 24.7 Å². The van der Waals surface area contributed by atoms with Crippen molar-refractivity contribution in [2.24, 2.45) is 5.73 Å². The van der Waals surface area contributed by atoms with Gasteiger partial charge in [-0.3, -0.25) is 0 Å². The largest absolute Gasteiger partial charge is 0.416 e. The molecule has 0 spiro atoms. The number of piperazine rings is 1. The standard InChI is InChI=1S/C28H32ClF3N6S/c1-20(22-5-3-21(4-6-22)19-34-12-2-11-33)35-24-7-9-25(10-8-24)39-38-15-13-37(14-16-38)27-18-23(28(30,31)32)17-26(29)36-27/h3-10,17-18,34-35H,1-2,11-16,19,33H2. The Kier molecular flexibility index (Phi) is 10.1. The van der Waals surface area contributed by atoms with Gasteiger partial charge < -0.3 is 21.3 Å². The number of benzene rings is 2. The molecule has 2 heterocycles. The smallest absolute Gasteiger partial charge is 0.356 e. The summed E-state index contributed by atoms with van der Waals surface area (Å²) in [6.07, 6.45) is -3.50. The van der Waals surface area contributed by atoms with Gasteiger partial charge >= 0.3 is 6.18 Å². The molecule has 4 N–H and O–H groups in total. The van der Waals surface area contributed by atoms with Crippen molar-refractivity contribution in [2.75, 3.05) is 49.5 Å². The van der Waals surface area contributed by atoms with Crippen LogP contribution in [-0.2, 0) is 12.7 Å². The van der Waals surface area contributed by atoms with Crippen molar-refractivity contribution in [3.8, 4) is 0 Å². The van der Waals surface area contributed by atoms with E-state index in [1.165, 1.54) is 5.56 Å². The Morgan fingerprint density at radius 2 is 1.72 bits per heavy atom. The summed E-state index contributed by atoms with van der Waals surface area (Å²) in [5.74, 6) is 0.254. The number of anilines is 2. The van der Waals surface area contributed by atoms with Crippen LogP contribution in [0.1, 0.15) is 23.1 Å². The number of alkyl halides is 3. The van der Waals surface area contributed by atoms with E-state index in [4.69, 9.17) is 17.3 Å². The minimum Gasteiger partial charge on any atom is -0.356 e. The van der Waals surface area contributed by atoms with Gasteiger partial charge in [0, 0.05) is 49.0 Å². The summed E-state index contributed by atoms with van der Waals surface area (Å²) < 4.78 is 41.6. The van der Waals surface area contributed by atoms with Crippen molar-refractivity contribution in [1.29, 1.82) is 0 Å². The Morgan fingerprint density at radius 1 is 1.03 bits per heavy atom. The fourth-order valence-corrected chi connectivity index (χ4v) is 5.20. The number of hydrogen-bond acceptors (Lipinski definition) is 7. The molecule has 1 fully saturated rings. The maximum Gasteiger partial charge on any atom is 0.416 e. The topological polar surface area (TPSA) is 69.5 Å². The van der Waals surface area contributed by atoms with Gasteiger partial charge in [-0.1, -0.05) is 42.4 Å². The third-order valence-electron chi connectivity index (χ3n) is 6.24. The van der Waals surface area contributed by atoms with E-state index in [0.29, 0.717) is 32.7 Å². The monoisotopic (exact) mass is 576 g/mol. The van der Waals surface area contributed by atoms with Crippen molar-refractivity contribution >= 4 is 40.8 Å². The van der Waals surface area contributed by atoms with Crippen LogP contribution in [0.3, 0.4) is 0 Å². The molecule has 4 rings (SSSR count). The third kappa shape index (κ3) is 8.61. The first-order chi connectivity index (χ1) is 18.7. The van der Waals surface area contributed by atoms with E-state index in [9.17, 15) is 13.2 Å². The molecular formula is C28H32ClF3N6S. The first-order valence-electron chi connectivity index (χ1n) is 12.7. The van der Waals surface area contributed by atoms with Gasteiger partial charge in [-0.15, -0.1) is 0 Å². The van der Waals surface area contributed by atoms with Crippen molar-refractivity contribution in [2.45, 2.75) is 24.0 Å². The molecule has 1 aliphatic rings. The number of halogens is 4. The number of nitrogens with zero attached hydrogens (tertiary/aromatic N) is 3. The predicted molar refractivity (Wildman–Crippen MR) is 155 cm³/mol. The highest BCUT2D eigenvalue weighted by molar-refractivity contribution is 7.97. The highest BCUT2D eigenvalue weighted by atomic mass is 35.5. The maximum atomic E-state index is 13.1. The zero-order valence-electron chi connectivity index (χ0n) is 21.5. The Balaban J connectivity index is 1.25. The Morgan fingerprint density at radius 3 is 2.36 bits per heavy atom. The van der Waals surface area contributed by atoms with E-state index in [2.05, 4.69) is 50.8 Å². The van der Waals surface area contributed by atoms with Crippen LogP contribution in [0.2, 0.25) is 5.15 Å². The van der Waals surface area contributed by atoms with Crippen LogP contribution in [0.5, 0.6) is 0 Å². The molecule has 2 aromatic carbocycles. The molecule has 1 aromatic heterocycles. The van der Waals surface area contributed by atoms with E-state index in [-0.39, 0.29) is 11.0 Å². The molecule has 6 nitrogen and oxygen atoms in total. The lowest BCUT2D eigenvalue weighted by molar-refractivity contribution is -0.137. The van der Waals surface area contributed by atoms with Crippen LogP contribution in [-0.4, -0.2) is 48.6 Å². The van der Waals surface area contributed by atoms with Gasteiger partial charge in [-0.2, -0.15) is 13.2 Å². The Bertz CT molecular complexity index is 1230. The van der Waals surface area contributed by atoms with Crippen LogP contribution < -0.4 is 21.3 Å². The molecule has 0 saturated carbocycles. The minimum atomic E-state index is -4.46. The highest BCUT2D eigenvalue weighted by Crippen LogP contribution is 2.33. The Labute approximate surface area is 236 Å². The Hall–Kier alpha value is -2.76. The molecule has 208 valence electrons. The number of nitrogens with two attached hydrogens (primary N) is 1. The first kappa shape index (κ1) is 29.2. The first-order valence-corrected chi connectivity index (χ1v) is 13.8. The summed E-state index contributed by atoms with van der Waals surface area (Å²) in [4.78, 5) is 7.01. The van der Waals surface area contributed by atoms with Gasteiger partial charge in [0.15, 0.2) is 0 Å². The molecule has 3 aromatic rings.